The molecule has 0 heterocycles. The summed E-state index contributed by atoms with van der Waals surface area (Å²) in [4.78, 5) is 25.4. The zero-order chi connectivity index (χ0) is 33.5. The third kappa shape index (κ3) is 22.4. The lowest BCUT2D eigenvalue weighted by molar-refractivity contribution is -0.0371. The minimum atomic E-state index is -0.527. The number of rotatable bonds is 32. The highest BCUT2D eigenvalue weighted by molar-refractivity contribution is 5.95. The lowest BCUT2D eigenvalue weighted by Gasteiger charge is -2.17. The van der Waals surface area contributed by atoms with Gasteiger partial charge in [0.05, 0.1) is 76.2 Å². The number of ether oxygens (including phenoxy) is 8. The summed E-state index contributed by atoms with van der Waals surface area (Å²) in [6.45, 7) is 14.0. The molecule has 0 saturated carbocycles. The Morgan fingerprint density at radius 2 is 0.913 bits per heavy atom. The Morgan fingerprint density at radius 3 is 1.30 bits per heavy atom. The van der Waals surface area contributed by atoms with E-state index in [1.54, 1.807) is 18.2 Å². The first-order valence-electron chi connectivity index (χ1n) is 17.5. The van der Waals surface area contributed by atoms with E-state index in [9.17, 15) is 9.59 Å². The van der Waals surface area contributed by atoms with E-state index < -0.39 is 11.9 Å². The molecule has 0 spiro atoms. The molecule has 266 valence electrons. The van der Waals surface area contributed by atoms with Crippen molar-refractivity contribution < 1.29 is 47.5 Å². The normalized spacial score (nSPS) is 12.6. The van der Waals surface area contributed by atoms with Gasteiger partial charge in [0.2, 0.25) is 0 Å². The molecular weight excluding hydrogens is 592 g/mol. The number of benzene rings is 1. The molecule has 2 unspecified atom stereocenters. The van der Waals surface area contributed by atoms with Crippen molar-refractivity contribution in [3.63, 3.8) is 0 Å². The minimum Gasteiger partial charge on any atom is -0.459 e. The first-order valence-corrected chi connectivity index (χ1v) is 17.5. The number of esters is 2. The highest BCUT2D eigenvalue weighted by Gasteiger charge is 2.17. The molecule has 10 heteroatoms. The van der Waals surface area contributed by atoms with Crippen LogP contribution in [-0.2, 0) is 37.9 Å². The molecule has 1 aromatic rings. The van der Waals surface area contributed by atoms with Crippen LogP contribution in [0.15, 0.2) is 24.3 Å². The standard InChI is InChI=1S/C36H62O10/c1-5-9-11-13-18-39-20-22-41-24-26-43-33(7-3)29-45-35(37)31-16-15-17-32(28-31)36(38)46-30-34(8-4)44-27-25-42-23-21-40-19-14-12-10-6-2/h15-17,28,33-34H,5-14,18-27,29-30H2,1-4H3. The van der Waals surface area contributed by atoms with Gasteiger partial charge in [0.1, 0.15) is 13.2 Å². The fraction of sp³-hybridized carbons (Fsp3) is 0.778. The number of hydrogen-bond acceptors (Lipinski definition) is 10. The van der Waals surface area contributed by atoms with E-state index in [-0.39, 0.29) is 36.5 Å². The molecule has 10 nitrogen and oxygen atoms in total. The predicted molar refractivity (Wildman–Crippen MR) is 179 cm³/mol. The molecule has 0 aliphatic rings. The van der Waals surface area contributed by atoms with Gasteiger partial charge in [-0.2, -0.15) is 0 Å². The second-order valence-electron chi connectivity index (χ2n) is 11.2. The summed E-state index contributed by atoms with van der Waals surface area (Å²) >= 11 is 0. The maximum absolute atomic E-state index is 12.7. The van der Waals surface area contributed by atoms with Crippen LogP contribution in [-0.4, -0.2) is 103 Å². The van der Waals surface area contributed by atoms with E-state index in [1.807, 2.05) is 13.8 Å². The van der Waals surface area contributed by atoms with Crippen molar-refractivity contribution >= 4 is 11.9 Å². The fourth-order valence-electron chi connectivity index (χ4n) is 4.30. The molecule has 0 aliphatic carbocycles. The Hall–Kier alpha value is -2.08. The monoisotopic (exact) mass is 654 g/mol. The molecule has 2 atom stereocenters. The molecule has 1 rings (SSSR count). The maximum Gasteiger partial charge on any atom is 0.338 e. The molecule has 0 bridgehead atoms. The van der Waals surface area contributed by atoms with Crippen LogP contribution < -0.4 is 0 Å². The zero-order valence-corrected chi connectivity index (χ0v) is 29.1. The average molecular weight is 655 g/mol. The second-order valence-corrected chi connectivity index (χ2v) is 11.2. The van der Waals surface area contributed by atoms with Crippen molar-refractivity contribution in [3.8, 4) is 0 Å². The van der Waals surface area contributed by atoms with E-state index in [0.29, 0.717) is 65.7 Å². The van der Waals surface area contributed by atoms with Gasteiger partial charge < -0.3 is 37.9 Å². The smallest absolute Gasteiger partial charge is 0.338 e. The molecule has 0 radical (unpaired) electrons. The van der Waals surface area contributed by atoms with Crippen molar-refractivity contribution in [2.24, 2.45) is 0 Å². The Bertz CT molecular complexity index is 800. The molecule has 0 saturated heterocycles. The number of unbranched alkanes of at least 4 members (excludes halogenated alkanes) is 6. The van der Waals surface area contributed by atoms with Crippen LogP contribution in [0.2, 0.25) is 0 Å². The van der Waals surface area contributed by atoms with Crippen LogP contribution in [0.3, 0.4) is 0 Å². The minimum absolute atomic E-state index is 0.107. The molecule has 0 aliphatic heterocycles. The summed E-state index contributed by atoms with van der Waals surface area (Å²) in [6, 6.07) is 6.33. The summed E-state index contributed by atoms with van der Waals surface area (Å²) in [5.74, 6) is -1.05. The number of hydrogen-bond donors (Lipinski definition) is 0. The van der Waals surface area contributed by atoms with Crippen molar-refractivity contribution in [2.45, 2.75) is 104 Å². The predicted octanol–water partition coefficient (Wildman–Crippen LogP) is 6.82. The molecule has 0 fully saturated rings. The summed E-state index contributed by atoms with van der Waals surface area (Å²) < 4.78 is 44.8. The lowest BCUT2D eigenvalue weighted by Crippen LogP contribution is -2.24. The van der Waals surface area contributed by atoms with Gasteiger partial charge in [-0.15, -0.1) is 0 Å². The van der Waals surface area contributed by atoms with Crippen LogP contribution in [0.25, 0.3) is 0 Å². The summed E-state index contributed by atoms with van der Waals surface area (Å²) in [5, 5.41) is 0. The average Bonchev–Trinajstić information content (AvgIpc) is 3.08. The van der Waals surface area contributed by atoms with Gasteiger partial charge in [-0.25, -0.2) is 9.59 Å². The Morgan fingerprint density at radius 1 is 0.522 bits per heavy atom. The molecule has 1 aromatic carbocycles. The first kappa shape index (κ1) is 41.9. The fourth-order valence-corrected chi connectivity index (χ4v) is 4.30. The largest absolute Gasteiger partial charge is 0.459 e. The van der Waals surface area contributed by atoms with Gasteiger partial charge >= 0.3 is 11.9 Å². The highest BCUT2D eigenvalue weighted by Crippen LogP contribution is 2.11. The molecular formula is C36H62O10. The molecule has 0 N–H and O–H groups in total. The summed E-state index contributed by atoms with van der Waals surface area (Å²) in [7, 11) is 0. The first-order chi connectivity index (χ1) is 22.5. The van der Waals surface area contributed by atoms with Crippen molar-refractivity contribution in [2.75, 3.05) is 79.3 Å². The van der Waals surface area contributed by atoms with Crippen molar-refractivity contribution in [3.05, 3.63) is 35.4 Å². The van der Waals surface area contributed by atoms with E-state index in [2.05, 4.69) is 13.8 Å². The lowest BCUT2D eigenvalue weighted by atomic mass is 10.1. The molecule has 0 amide bonds. The Labute approximate surface area is 278 Å². The van der Waals surface area contributed by atoms with Crippen LogP contribution >= 0.6 is 0 Å². The van der Waals surface area contributed by atoms with Gasteiger partial charge in [0, 0.05) is 13.2 Å². The van der Waals surface area contributed by atoms with E-state index in [4.69, 9.17) is 37.9 Å². The van der Waals surface area contributed by atoms with Gasteiger partial charge in [0.25, 0.3) is 0 Å². The molecule has 0 aromatic heterocycles. The van der Waals surface area contributed by atoms with Gasteiger partial charge in [-0.3, -0.25) is 0 Å². The van der Waals surface area contributed by atoms with Crippen LogP contribution in [0, 0.1) is 0 Å². The van der Waals surface area contributed by atoms with Crippen LogP contribution in [0.5, 0.6) is 0 Å². The number of carbonyl (C=O) groups is 2. The summed E-state index contributed by atoms with van der Waals surface area (Å²) in [6.07, 6.45) is 10.4. The van der Waals surface area contributed by atoms with Gasteiger partial charge in [0.15, 0.2) is 0 Å². The quantitative estimate of drug-likeness (QED) is 0.0607. The van der Waals surface area contributed by atoms with E-state index >= 15 is 0 Å². The van der Waals surface area contributed by atoms with Crippen molar-refractivity contribution in [1.82, 2.24) is 0 Å². The highest BCUT2D eigenvalue weighted by atomic mass is 16.6. The Balaban J connectivity index is 2.24. The van der Waals surface area contributed by atoms with E-state index in [1.165, 1.54) is 44.6 Å². The van der Waals surface area contributed by atoms with Crippen molar-refractivity contribution in [1.29, 1.82) is 0 Å². The third-order valence-electron chi connectivity index (χ3n) is 7.24. The van der Waals surface area contributed by atoms with Gasteiger partial charge in [-0.1, -0.05) is 72.3 Å². The van der Waals surface area contributed by atoms with E-state index in [0.717, 1.165) is 26.1 Å². The third-order valence-corrected chi connectivity index (χ3v) is 7.24. The van der Waals surface area contributed by atoms with Crippen LogP contribution in [0.1, 0.15) is 113 Å². The van der Waals surface area contributed by atoms with Gasteiger partial charge in [-0.05, 0) is 43.9 Å². The topological polar surface area (TPSA) is 108 Å². The Kier molecular flexibility index (Phi) is 27.6. The maximum atomic E-state index is 12.7. The molecule has 46 heavy (non-hydrogen) atoms. The second kappa shape index (κ2) is 30.3. The summed E-state index contributed by atoms with van der Waals surface area (Å²) in [5.41, 5.74) is 0.542. The zero-order valence-electron chi connectivity index (χ0n) is 29.1. The SMILES string of the molecule is CCCCCCOCCOCCOC(CC)COC(=O)c1cccc(C(=O)OCC(CC)OCCOCCOCCCCCC)c1. The number of carbonyl (C=O) groups excluding carboxylic acids is 2. The van der Waals surface area contributed by atoms with Crippen LogP contribution in [0.4, 0.5) is 0 Å².